The Balaban J connectivity index is 2.19. The van der Waals surface area contributed by atoms with Crippen LogP contribution < -0.4 is 0 Å². The fraction of sp³-hybridized carbons (Fsp3) is 0. The van der Waals surface area contributed by atoms with Crippen molar-refractivity contribution in [1.82, 2.24) is 4.98 Å². The van der Waals surface area contributed by atoms with E-state index in [4.69, 9.17) is 0 Å². The number of fused-ring (bicyclic) bond motifs is 1. The van der Waals surface area contributed by atoms with Gasteiger partial charge in [-0.15, -0.1) is 0 Å². The van der Waals surface area contributed by atoms with Crippen LogP contribution in [0.4, 0.5) is 0 Å². The van der Waals surface area contributed by atoms with Crippen molar-refractivity contribution in [2.75, 3.05) is 0 Å². The first kappa shape index (κ1) is 9.10. The van der Waals surface area contributed by atoms with Crippen LogP contribution in [0.15, 0.2) is 60.9 Å². The van der Waals surface area contributed by atoms with E-state index in [1.807, 2.05) is 36.7 Å². The van der Waals surface area contributed by atoms with Gasteiger partial charge in [-0.2, -0.15) is 0 Å². The zero-order chi connectivity index (χ0) is 10.8. The fourth-order valence-electron chi connectivity index (χ4n) is 1.84. The van der Waals surface area contributed by atoms with Gasteiger partial charge < -0.3 is 0 Å². The van der Waals surface area contributed by atoms with Gasteiger partial charge in [0.05, 0.1) is 0 Å². The topological polar surface area (TPSA) is 12.9 Å². The number of hydrogen-bond donors (Lipinski definition) is 0. The summed E-state index contributed by atoms with van der Waals surface area (Å²) < 4.78 is 0. The van der Waals surface area contributed by atoms with Crippen LogP contribution in [0.5, 0.6) is 0 Å². The largest absolute Gasteiger partial charge is 0.264 e. The molecule has 2 aromatic carbocycles. The number of nitrogens with zero attached hydrogens (tertiary/aromatic N) is 1. The minimum Gasteiger partial charge on any atom is -0.264 e. The van der Waals surface area contributed by atoms with Crippen LogP contribution in [-0.4, -0.2) is 4.98 Å². The second-order valence-electron chi connectivity index (χ2n) is 3.73. The minimum absolute atomic E-state index is 1.17. The Labute approximate surface area is 94.4 Å². The van der Waals surface area contributed by atoms with Gasteiger partial charge in [0.15, 0.2) is 0 Å². The van der Waals surface area contributed by atoms with Crippen LogP contribution in [0.3, 0.4) is 0 Å². The molecule has 0 aliphatic heterocycles. The number of rotatable bonds is 1. The van der Waals surface area contributed by atoms with Crippen LogP contribution in [0.2, 0.25) is 0 Å². The number of hydrogen-bond acceptors (Lipinski definition) is 1. The van der Waals surface area contributed by atoms with Crippen LogP contribution >= 0.6 is 0 Å². The lowest BCUT2D eigenvalue weighted by molar-refractivity contribution is 1.36. The van der Waals surface area contributed by atoms with E-state index in [1.54, 1.807) is 0 Å². The number of aromatic nitrogens is 1. The fourth-order valence-corrected chi connectivity index (χ4v) is 1.84. The molecule has 1 aromatic heterocycles. The highest BCUT2D eigenvalue weighted by Gasteiger charge is 1.98. The molecular formula is C15H10N. The lowest BCUT2D eigenvalue weighted by Crippen LogP contribution is -1.79. The zero-order valence-corrected chi connectivity index (χ0v) is 8.72. The third kappa shape index (κ3) is 1.57. The Morgan fingerprint density at radius 2 is 1.94 bits per heavy atom. The monoisotopic (exact) mass is 204 g/mol. The molecule has 1 heteroatoms. The standard InChI is InChI=1S/C15H10N/c1-2-4-12(5-3-1)14-7-6-13-8-9-16-11-15(13)10-14/h1-2,4-11H. The van der Waals surface area contributed by atoms with Crippen molar-refractivity contribution < 1.29 is 0 Å². The molecule has 0 saturated heterocycles. The van der Waals surface area contributed by atoms with Crippen molar-refractivity contribution in [3.63, 3.8) is 0 Å². The molecule has 0 saturated carbocycles. The molecular weight excluding hydrogens is 194 g/mol. The molecule has 0 spiro atoms. The summed E-state index contributed by atoms with van der Waals surface area (Å²) in [5, 5.41) is 2.39. The van der Waals surface area contributed by atoms with Gasteiger partial charge in [0, 0.05) is 17.8 Å². The summed E-state index contributed by atoms with van der Waals surface area (Å²) in [6.45, 7) is 0. The van der Waals surface area contributed by atoms with Gasteiger partial charge in [0.1, 0.15) is 0 Å². The average Bonchev–Trinajstić information content (AvgIpc) is 2.39. The molecule has 0 bridgehead atoms. The van der Waals surface area contributed by atoms with Crippen molar-refractivity contribution in [3.05, 3.63) is 67.0 Å². The Morgan fingerprint density at radius 3 is 2.81 bits per heavy atom. The maximum Gasteiger partial charge on any atom is 0.0346 e. The van der Waals surface area contributed by atoms with Crippen LogP contribution in [-0.2, 0) is 0 Å². The summed E-state index contributed by atoms with van der Waals surface area (Å²) in [5.41, 5.74) is 2.39. The summed E-state index contributed by atoms with van der Waals surface area (Å²) >= 11 is 0. The second kappa shape index (κ2) is 3.78. The van der Waals surface area contributed by atoms with E-state index in [1.165, 1.54) is 21.9 Å². The maximum absolute atomic E-state index is 4.14. The molecule has 0 fully saturated rings. The zero-order valence-electron chi connectivity index (χ0n) is 8.72. The van der Waals surface area contributed by atoms with Crippen molar-refractivity contribution in [1.29, 1.82) is 0 Å². The highest BCUT2D eigenvalue weighted by atomic mass is 14.6. The lowest BCUT2D eigenvalue weighted by Gasteiger charge is -2.03. The highest BCUT2D eigenvalue weighted by molar-refractivity contribution is 5.86. The van der Waals surface area contributed by atoms with Gasteiger partial charge in [0.25, 0.3) is 0 Å². The van der Waals surface area contributed by atoms with Crippen molar-refractivity contribution in [2.45, 2.75) is 0 Å². The third-order valence-electron chi connectivity index (χ3n) is 2.68. The van der Waals surface area contributed by atoms with Gasteiger partial charge in [-0.05, 0) is 40.8 Å². The van der Waals surface area contributed by atoms with E-state index in [0.29, 0.717) is 0 Å². The molecule has 1 nitrogen and oxygen atoms in total. The molecule has 16 heavy (non-hydrogen) atoms. The molecule has 0 amide bonds. The lowest BCUT2D eigenvalue weighted by atomic mass is 10.0. The molecule has 1 radical (unpaired) electrons. The highest BCUT2D eigenvalue weighted by Crippen LogP contribution is 2.23. The molecule has 0 atom stereocenters. The Morgan fingerprint density at radius 1 is 0.938 bits per heavy atom. The van der Waals surface area contributed by atoms with Gasteiger partial charge in [-0.25, -0.2) is 0 Å². The molecule has 0 N–H and O–H groups in total. The molecule has 3 rings (SSSR count). The van der Waals surface area contributed by atoms with Gasteiger partial charge in [-0.1, -0.05) is 30.3 Å². The SMILES string of the molecule is [c]1cccc(-c2ccc3ccncc3c2)c1. The average molecular weight is 204 g/mol. The van der Waals surface area contributed by atoms with Gasteiger partial charge >= 0.3 is 0 Å². The molecule has 0 aliphatic rings. The normalized spacial score (nSPS) is 10.5. The summed E-state index contributed by atoms with van der Waals surface area (Å²) in [6.07, 6.45) is 3.71. The Kier molecular flexibility index (Phi) is 2.15. The van der Waals surface area contributed by atoms with Crippen LogP contribution in [0.25, 0.3) is 21.9 Å². The van der Waals surface area contributed by atoms with E-state index in [2.05, 4.69) is 35.3 Å². The number of benzene rings is 2. The van der Waals surface area contributed by atoms with E-state index in [0.717, 1.165) is 0 Å². The van der Waals surface area contributed by atoms with Crippen LogP contribution in [0, 0.1) is 6.07 Å². The molecule has 1 heterocycles. The first-order valence-corrected chi connectivity index (χ1v) is 5.24. The van der Waals surface area contributed by atoms with E-state index in [9.17, 15) is 0 Å². The first-order valence-electron chi connectivity index (χ1n) is 5.24. The molecule has 75 valence electrons. The van der Waals surface area contributed by atoms with E-state index < -0.39 is 0 Å². The van der Waals surface area contributed by atoms with Gasteiger partial charge in [0.2, 0.25) is 0 Å². The van der Waals surface area contributed by atoms with Crippen molar-refractivity contribution in [2.24, 2.45) is 0 Å². The number of pyridine rings is 1. The Hall–Kier alpha value is -2.15. The van der Waals surface area contributed by atoms with Crippen LogP contribution in [0.1, 0.15) is 0 Å². The van der Waals surface area contributed by atoms with E-state index in [-0.39, 0.29) is 0 Å². The Bertz CT molecular complexity index is 614. The maximum atomic E-state index is 4.14. The smallest absolute Gasteiger partial charge is 0.0346 e. The summed E-state index contributed by atoms with van der Waals surface area (Å²) in [4.78, 5) is 4.14. The molecule has 0 aliphatic carbocycles. The third-order valence-corrected chi connectivity index (χ3v) is 2.68. The van der Waals surface area contributed by atoms with Crippen molar-refractivity contribution in [3.8, 4) is 11.1 Å². The molecule has 0 unspecified atom stereocenters. The predicted octanol–water partition coefficient (Wildman–Crippen LogP) is 3.70. The quantitative estimate of drug-likeness (QED) is 0.589. The van der Waals surface area contributed by atoms with Gasteiger partial charge in [-0.3, -0.25) is 4.98 Å². The minimum atomic E-state index is 1.17. The first-order chi connectivity index (χ1) is 7.93. The predicted molar refractivity (Wildman–Crippen MR) is 66.0 cm³/mol. The van der Waals surface area contributed by atoms with E-state index >= 15 is 0 Å². The molecule has 3 aromatic rings. The van der Waals surface area contributed by atoms with Crippen molar-refractivity contribution >= 4 is 10.8 Å². The summed E-state index contributed by atoms with van der Waals surface area (Å²) in [5.74, 6) is 0. The second-order valence-corrected chi connectivity index (χ2v) is 3.73. The summed E-state index contributed by atoms with van der Waals surface area (Å²) in [6, 6.07) is 19.5. The summed E-state index contributed by atoms with van der Waals surface area (Å²) in [7, 11) is 0.